The number of nitrogens with zero attached hydrogens (tertiary/aromatic N) is 2. The van der Waals surface area contributed by atoms with Crippen LogP contribution in [0.2, 0.25) is 0 Å². The minimum atomic E-state index is -0.0728. The van der Waals surface area contributed by atoms with E-state index in [0.717, 1.165) is 30.3 Å². The van der Waals surface area contributed by atoms with Crippen LogP contribution in [0.5, 0.6) is 0 Å². The molecule has 1 fully saturated rings. The molecule has 0 spiro atoms. The highest BCUT2D eigenvalue weighted by Gasteiger charge is 2.20. The highest BCUT2D eigenvalue weighted by atomic mass is 32.2. The van der Waals surface area contributed by atoms with Gasteiger partial charge in [-0.2, -0.15) is 11.8 Å². The number of carbonyl (C=O) groups excluding carboxylic acids is 1. The molecule has 2 rings (SSSR count). The maximum atomic E-state index is 11.9. The molecular formula is C13H21N3O2S. The summed E-state index contributed by atoms with van der Waals surface area (Å²) in [5.74, 6) is 2.60. The molecule has 0 saturated carbocycles. The Morgan fingerprint density at radius 1 is 1.47 bits per heavy atom. The second-order valence-electron chi connectivity index (χ2n) is 5.76. The van der Waals surface area contributed by atoms with Crippen LogP contribution in [-0.2, 0) is 10.2 Å². The smallest absolute Gasteiger partial charge is 0.240 e. The Morgan fingerprint density at radius 3 is 2.74 bits per heavy atom. The molecule has 1 aromatic heterocycles. The molecule has 0 aliphatic carbocycles. The number of rotatable bonds is 3. The summed E-state index contributed by atoms with van der Waals surface area (Å²) in [6.45, 7) is 8.54. The molecule has 2 heterocycles. The van der Waals surface area contributed by atoms with E-state index in [1.54, 1.807) is 6.07 Å². The Hall–Kier alpha value is -1.01. The first-order valence-corrected chi connectivity index (χ1v) is 7.68. The predicted octanol–water partition coefficient (Wildman–Crippen LogP) is 1.96. The summed E-state index contributed by atoms with van der Waals surface area (Å²) in [5.41, 5.74) is 0.772. The zero-order valence-electron chi connectivity index (χ0n) is 11.7. The summed E-state index contributed by atoms with van der Waals surface area (Å²) < 4.78 is 5.15. The molecular weight excluding hydrogens is 262 g/mol. The van der Waals surface area contributed by atoms with Crippen LogP contribution < -0.4 is 5.32 Å². The van der Waals surface area contributed by atoms with E-state index in [4.69, 9.17) is 4.52 Å². The van der Waals surface area contributed by atoms with Crippen molar-refractivity contribution in [3.05, 3.63) is 11.8 Å². The molecule has 0 aromatic carbocycles. The Kier molecular flexibility index (Phi) is 4.52. The molecule has 0 atom stereocenters. The molecule has 1 aliphatic rings. The Labute approximate surface area is 118 Å². The number of hydrogen-bond donors (Lipinski definition) is 1. The second kappa shape index (κ2) is 5.96. The number of nitrogens with one attached hydrogen (secondary N) is 1. The van der Waals surface area contributed by atoms with Crippen molar-refractivity contribution in [1.82, 2.24) is 10.1 Å². The van der Waals surface area contributed by atoms with Gasteiger partial charge < -0.3 is 4.52 Å². The van der Waals surface area contributed by atoms with Gasteiger partial charge in [0.15, 0.2) is 0 Å². The van der Waals surface area contributed by atoms with Gasteiger partial charge in [0, 0.05) is 36.1 Å². The number of hydrogen-bond acceptors (Lipinski definition) is 5. The van der Waals surface area contributed by atoms with E-state index in [9.17, 15) is 4.79 Å². The minimum Gasteiger partial charge on any atom is -0.338 e. The number of carbonyl (C=O) groups is 1. The summed E-state index contributed by atoms with van der Waals surface area (Å²) in [7, 11) is 0. The zero-order chi connectivity index (χ0) is 13.9. The summed E-state index contributed by atoms with van der Waals surface area (Å²) >= 11 is 1.93. The van der Waals surface area contributed by atoms with E-state index in [1.807, 2.05) is 11.8 Å². The van der Waals surface area contributed by atoms with Crippen LogP contribution in [0.15, 0.2) is 10.6 Å². The van der Waals surface area contributed by atoms with Crippen molar-refractivity contribution in [2.75, 3.05) is 36.5 Å². The molecule has 1 aliphatic heterocycles. The molecule has 0 radical (unpaired) electrons. The molecule has 5 nitrogen and oxygen atoms in total. The Morgan fingerprint density at radius 2 is 2.16 bits per heavy atom. The third-order valence-electron chi connectivity index (χ3n) is 3.01. The third kappa shape index (κ3) is 4.24. The molecule has 106 valence electrons. The molecule has 6 heteroatoms. The van der Waals surface area contributed by atoms with Gasteiger partial charge in [0.1, 0.15) is 0 Å². The lowest BCUT2D eigenvalue weighted by atomic mass is 9.92. The maximum absolute atomic E-state index is 11.9. The van der Waals surface area contributed by atoms with Gasteiger partial charge in [-0.1, -0.05) is 25.9 Å². The van der Waals surface area contributed by atoms with Crippen LogP contribution in [0.1, 0.15) is 26.5 Å². The van der Waals surface area contributed by atoms with Crippen molar-refractivity contribution < 1.29 is 9.32 Å². The van der Waals surface area contributed by atoms with Crippen LogP contribution in [-0.4, -0.2) is 47.1 Å². The highest BCUT2D eigenvalue weighted by molar-refractivity contribution is 7.99. The van der Waals surface area contributed by atoms with Crippen molar-refractivity contribution in [2.24, 2.45) is 0 Å². The number of amides is 1. The summed E-state index contributed by atoms with van der Waals surface area (Å²) in [6, 6.07) is 1.80. The SMILES string of the molecule is CC(C)(C)c1cc(NC(=O)CN2CCSCC2)on1. The molecule has 0 bridgehead atoms. The van der Waals surface area contributed by atoms with Crippen LogP contribution in [0.3, 0.4) is 0 Å². The van der Waals surface area contributed by atoms with Crippen LogP contribution in [0.25, 0.3) is 0 Å². The lowest BCUT2D eigenvalue weighted by molar-refractivity contribution is -0.117. The van der Waals surface area contributed by atoms with E-state index < -0.39 is 0 Å². The van der Waals surface area contributed by atoms with E-state index in [1.165, 1.54) is 0 Å². The van der Waals surface area contributed by atoms with E-state index >= 15 is 0 Å². The summed E-state index contributed by atoms with van der Waals surface area (Å²) in [4.78, 5) is 14.1. The fraction of sp³-hybridized carbons (Fsp3) is 0.692. The highest BCUT2D eigenvalue weighted by Crippen LogP contribution is 2.23. The Bertz CT molecular complexity index is 433. The molecule has 19 heavy (non-hydrogen) atoms. The minimum absolute atomic E-state index is 0.0384. The second-order valence-corrected chi connectivity index (χ2v) is 6.99. The lowest BCUT2D eigenvalue weighted by Gasteiger charge is -2.24. The first kappa shape index (κ1) is 14.4. The number of aromatic nitrogens is 1. The zero-order valence-corrected chi connectivity index (χ0v) is 12.5. The molecule has 0 unspecified atom stereocenters. The lowest BCUT2D eigenvalue weighted by Crippen LogP contribution is -2.38. The van der Waals surface area contributed by atoms with Gasteiger partial charge >= 0.3 is 0 Å². The van der Waals surface area contributed by atoms with Gasteiger partial charge in [-0.05, 0) is 0 Å². The van der Waals surface area contributed by atoms with Crippen molar-refractivity contribution in [1.29, 1.82) is 0 Å². The average molecular weight is 283 g/mol. The molecule has 1 aromatic rings. The fourth-order valence-electron chi connectivity index (χ4n) is 1.83. The summed E-state index contributed by atoms with van der Waals surface area (Å²) in [6.07, 6.45) is 0. The molecule has 1 amide bonds. The van der Waals surface area contributed by atoms with Crippen LogP contribution in [0, 0.1) is 0 Å². The average Bonchev–Trinajstić information content (AvgIpc) is 2.78. The van der Waals surface area contributed by atoms with E-state index in [-0.39, 0.29) is 11.3 Å². The third-order valence-corrected chi connectivity index (χ3v) is 3.95. The van der Waals surface area contributed by atoms with E-state index in [0.29, 0.717) is 12.4 Å². The topological polar surface area (TPSA) is 58.4 Å². The van der Waals surface area contributed by atoms with Crippen molar-refractivity contribution in [2.45, 2.75) is 26.2 Å². The van der Waals surface area contributed by atoms with Gasteiger partial charge in [0.05, 0.1) is 12.2 Å². The molecule has 1 saturated heterocycles. The maximum Gasteiger partial charge on any atom is 0.240 e. The van der Waals surface area contributed by atoms with Gasteiger partial charge in [-0.25, -0.2) is 0 Å². The predicted molar refractivity (Wildman–Crippen MR) is 77.6 cm³/mol. The standard InChI is InChI=1S/C13H21N3O2S/c1-13(2,3)10-8-12(18-15-10)14-11(17)9-16-4-6-19-7-5-16/h8H,4-7,9H2,1-3H3,(H,14,17). The van der Waals surface area contributed by atoms with Crippen molar-refractivity contribution in [3.63, 3.8) is 0 Å². The largest absolute Gasteiger partial charge is 0.338 e. The fourth-order valence-corrected chi connectivity index (χ4v) is 2.81. The van der Waals surface area contributed by atoms with Crippen molar-refractivity contribution >= 4 is 23.6 Å². The van der Waals surface area contributed by atoms with Gasteiger partial charge in [0.2, 0.25) is 11.8 Å². The van der Waals surface area contributed by atoms with Gasteiger partial charge in [-0.15, -0.1) is 0 Å². The monoisotopic (exact) mass is 283 g/mol. The first-order valence-electron chi connectivity index (χ1n) is 6.52. The Balaban J connectivity index is 1.86. The quantitative estimate of drug-likeness (QED) is 0.919. The normalized spacial score (nSPS) is 17.4. The van der Waals surface area contributed by atoms with Crippen LogP contribution >= 0.6 is 11.8 Å². The van der Waals surface area contributed by atoms with Gasteiger partial charge in [0.25, 0.3) is 0 Å². The number of anilines is 1. The molecule has 1 N–H and O–H groups in total. The summed E-state index contributed by atoms with van der Waals surface area (Å²) in [5, 5.41) is 6.75. The van der Waals surface area contributed by atoms with Crippen molar-refractivity contribution in [3.8, 4) is 0 Å². The first-order chi connectivity index (χ1) is 8.95. The van der Waals surface area contributed by atoms with Gasteiger partial charge in [-0.3, -0.25) is 15.0 Å². The van der Waals surface area contributed by atoms with E-state index in [2.05, 4.69) is 36.1 Å². The van der Waals surface area contributed by atoms with Crippen LogP contribution in [0.4, 0.5) is 5.88 Å². The number of thioether (sulfide) groups is 1.